The Hall–Kier alpha value is -4.16. The third-order valence-electron chi connectivity index (χ3n) is 7.50. The zero-order valence-corrected chi connectivity index (χ0v) is 23.2. The molecule has 2 fully saturated rings. The van der Waals surface area contributed by atoms with Crippen molar-refractivity contribution in [2.45, 2.75) is 50.5 Å². The molecule has 11 nitrogen and oxygen atoms in total. The zero-order valence-electron chi connectivity index (χ0n) is 23.2. The third kappa shape index (κ3) is 5.90. The summed E-state index contributed by atoms with van der Waals surface area (Å²) in [5.41, 5.74) is 9.61. The Morgan fingerprint density at radius 3 is 2.31 bits per heavy atom. The lowest BCUT2D eigenvalue weighted by Crippen LogP contribution is -2.61. The van der Waals surface area contributed by atoms with Gasteiger partial charge >= 0.3 is 12.1 Å². The van der Waals surface area contributed by atoms with E-state index < -0.39 is 23.8 Å². The van der Waals surface area contributed by atoms with Crippen LogP contribution in [0.4, 0.5) is 10.5 Å². The van der Waals surface area contributed by atoms with Crippen LogP contribution in [0.2, 0.25) is 0 Å². The molecule has 3 aliphatic heterocycles. The average molecular weight is 576 g/mol. The molecule has 0 aliphatic carbocycles. The average Bonchev–Trinajstić information content (AvgIpc) is 3.77. The first kappa shape index (κ1) is 28.0. The number of ether oxygens (including phenoxy) is 5. The summed E-state index contributed by atoms with van der Waals surface area (Å²) in [6.45, 7) is 2.74. The molecular weight excluding hydrogens is 542 g/mol. The van der Waals surface area contributed by atoms with Crippen LogP contribution in [0.5, 0.6) is 5.75 Å². The fourth-order valence-corrected chi connectivity index (χ4v) is 5.66. The monoisotopic (exact) mass is 575 g/mol. The first-order valence-corrected chi connectivity index (χ1v) is 13.8. The molecule has 1 amide bonds. The van der Waals surface area contributed by atoms with Crippen molar-refractivity contribution in [1.29, 1.82) is 0 Å². The normalized spacial score (nSPS) is 23.4. The minimum absolute atomic E-state index is 0.0160. The Bertz CT molecular complexity index is 1420. The van der Waals surface area contributed by atoms with Crippen molar-refractivity contribution in [3.05, 3.63) is 95.1 Å². The molecule has 2 saturated heterocycles. The number of nitrogens with zero attached hydrogens (tertiary/aromatic N) is 1. The molecule has 0 aromatic heterocycles. The van der Waals surface area contributed by atoms with Gasteiger partial charge in [-0.15, -0.1) is 0 Å². The fraction of sp³-hybridized carbons (Fsp3) is 0.355. The van der Waals surface area contributed by atoms with Crippen LogP contribution in [-0.2, 0) is 48.4 Å². The number of anilines is 1. The van der Waals surface area contributed by atoms with Gasteiger partial charge in [-0.25, -0.2) is 14.7 Å². The van der Waals surface area contributed by atoms with E-state index in [1.807, 2.05) is 72.8 Å². The molecule has 0 radical (unpaired) electrons. The molecule has 4 atom stereocenters. The summed E-state index contributed by atoms with van der Waals surface area (Å²) >= 11 is 0. The lowest BCUT2D eigenvalue weighted by Gasteiger charge is -2.49. The van der Waals surface area contributed by atoms with Crippen molar-refractivity contribution in [3.8, 4) is 5.75 Å². The van der Waals surface area contributed by atoms with Gasteiger partial charge in [-0.1, -0.05) is 60.7 Å². The van der Waals surface area contributed by atoms with E-state index in [1.54, 1.807) is 5.06 Å². The number of esters is 1. The van der Waals surface area contributed by atoms with Crippen LogP contribution in [0.15, 0.2) is 72.8 Å². The number of primary amides is 1. The maximum absolute atomic E-state index is 12.3. The Morgan fingerprint density at radius 2 is 1.64 bits per heavy atom. The van der Waals surface area contributed by atoms with Gasteiger partial charge < -0.3 is 34.7 Å². The predicted molar refractivity (Wildman–Crippen MR) is 150 cm³/mol. The molecule has 0 unspecified atom stereocenters. The molecule has 3 aromatic rings. The summed E-state index contributed by atoms with van der Waals surface area (Å²) in [7, 11) is 0. The van der Waals surface area contributed by atoms with Gasteiger partial charge in [0.2, 0.25) is 0 Å². The van der Waals surface area contributed by atoms with E-state index in [4.69, 9.17) is 34.3 Å². The van der Waals surface area contributed by atoms with E-state index in [9.17, 15) is 9.59 Å². The van der Waals surface area contributed by atoms with Gasteiger partial charge in [0.05, 0.1) is 37.4 Å². The van der Waals surface area contributed by atoms with Crippen LogP contribution in [-0.4, -0.2) is 49.9 Å². The van der Waals surface area contributed by atoms with Gasteiger partial charge in [0.15, 0.2) is 0 Å². The zero-order chi connectivity index (χ0) is 29.1. The number of fused-ring (bicyclic) bond motifs is 6. The van der Waals surface area contributed by atoms with Crippen molar-refractivity contribution < 1.29 is 38.1 Å². The lowest BCUT2D eigenvalue weighted by molar-refractivity contribution is -0.263. The Kier molecular flexibility index (Phi) is 7.98. The predicted octanol–water partition coefficient (Wildman–Crippen LogP) is 3.50. The number of benzene rings is 3. The number of carbonyl (C=O) groups is 2. The molecular formula is C31H33N3O8. The minimum Gasteiger partial charge on any atom is -0.489 e. The molecule has 11 heteroatoms. The smallest absolute Gasteiger partial charge is 0.404 e. The van der Waals surface area contributed by atoms with Crippen LogP contribution < -0.4 is 20.9 Å². The van der Waals surface area contributed by atoms with Crippen molar-refractivity contribution in [2.24, 2.45) is 5.73 Å². The maximum Gasteiger partial charge on any atom is 0.404 e. The highest BCUT2D eigenvalue weighted by molar-refractivity contribution is 5.70. The number of carbonyl (C=O) groups excluding carboxylic acids is 2. The number of nitrogens with two attached hydrogens (primary N) is 1. The third-order valence-corrected chi connectivity index (χ3v) is 7.50. The van der Waals surface area contributed by atoms with Crippen molar-refractivity contribution in [3.63, 3.8) is 0 Å². The fourth-order valence-electron chi connectivity index (χ4n) is 5.66. The molecule has 0 spiro atoms. The molecule has 2 bridgehead atoms. The van der Waals surface area contributed by atoms with Gasteiger partial charge in [-0.3, -0.25) is 4.79 Å². The van der Waals surface area contributed by atoms with E-state index in [2.05, 4.69) is 5.32 Å². The molecule has 220 valence electrons. The summed E-state index contributed by atoms with van der Waals surface area (Å²) < 4.78 is 29.2. The Labute approximate surface area is 243 Å². The van der Waals surface area contributed by atoms with Crippen LogP contribution in [0.1, 0.15) is 35.1 Å². The maximum atomic E-state index is 12.3. The van der Waals surface area contributed by atoms with E-state index >= 15 is 0 Å². The van der Waals surface area contributed by atoms with E-state index in [1.165, 1.54) is 6.92 Å². The van der Waals surface area contributed by atoms with Gasteiger partial charge in [0.1, 0.15) is 25.8 Å². The lowest BCUT2D eigenvalue weighted by atomic mass is 9.82. The van der Waals surface area contributed by atoms with Gasteiger partial charge in [-0.05, 0) is 28.8 Å². The number of nitrogens with one attached hydrogen (secondary N) is 1. The molecule has 3 N–H and O–H groups in total. The molecule has 3 aliphatic rings. The summed E-state index contributed by atoms with van der Waals surface area (Å²) in [6, 6.07) is 23.2. The Morgan fingerprint density at radius 1 is 0.976 bits per heavy atom. The van der Waals surface area contributed by atoms with E-state index in [-0.39, 0.29) is 38.7 Å². The summed E-state index contributed by atoms with van der Waals surface area (Å²) in [5.74, 6) is -2.17. The van der Waals surface area contributed by atoms with Crippen LogP contribution >= 0.6 is 0 Å². The number of amides is 1. The highest BCUT2D eigenvalue weighted by Gasteiger charge is 2.68. The van der Waals surface area contributed by atoms with Crippen molar-refractivity contribution in [2.75, 3.05) is 25.0 Å². The second-order valence-corrected chi connectivity index (χ2v) is 10.5. The van der Waals surface area contributed by atoms with Gasteiger partial charge in [0.25, 0.3) is 5.79 Å². The summed E-state index contributed by atoms with van der Waals surface area (Å²) in [5, 5.41) is 5.07. The molecule has 3 aromatic carbocycles. The number of hydrogen-bond acceptors (Lipinski definition) is 10. The molecule has 42 heavy (non-hydrogen) atoms. The highest BCUT2D eigenvalue weighted by atomic mass is 16.8. The SMILES string of the molecule is CC(=O)O[C@@]12ON(C[C@@H]3N[C@@H]31)c1cc(COCOCc3ccccc3)cc(OCc3ccccc3)c1[C@@H]2COC(N)=O. The van der Waals surface area contributed by atoms with Crippen molar-refractivity contribution in [1.82, 2.24) is 5.32 Å². The number of hydroxylamine groups is 1. The second kappa shape index (κ2) is 12.0. The van der Waals surface area contributed by atoms with Gasteiger partial charge in [0, 0.05) is 18.5 Å². The largest absolute Gasteiger partial charge is 0.489 e. The van der Waals surface area contributed by atoms with Crippen LogP contribution in [0.3, 0.4) is 0 Å². The topological polar surface area (TPSA) is 141 Å². The minimum atomic E-state index is -1.45. The molecule has 6 rings (SSSR count). The first-order valence-electron chi connectivity index (χ1n) is 13.8. The van der Waals surface area contributed by atoms with Crippen molar-refractivity contribution >= 4 is 17.7 Å². The molecule has 0 saturated carbocycles. The molecule has 3 heterocycles. The van der Waals surface area contributed by atoms with Gasteiger partial charge in [-0.2, -0.15) is 0 Å². The number of hydrogen-bond donors (Lipinski definition) is 2. The van der Waals surface area contributed by atoms with Crippen LogP contribution in [0.25, 0.3) is 0 Å². The highest BCUT2D eigenvalue weighted by Crippen LogP contribution is 2.55. The van der Waals surface area contributed by atoms with E-state index in [0.717, 1.165) is 16.7 Å². The van der Waals surface area contributed by atoms with Crippen LogP contribution in [0, 0.1) is 0 Å². The number of rotatable bonds is 12. The Balaban J connectivity index is 1.31. The standard InChI is InChI=1S/C31H33N3O8/c1-20(35)41-31-24(18-40-30(32)36)28-26(34(42-31)14-25-29(31)33-25)12-23(13-27(28)39-17-22-10-6-3-7-11-22)16-38-19-37-15-21-8-4-2-5-9-21/h2-13,24-25,29,33H,14-19H2,1H3,(H2,32,36)/t24-,25-,29-,31-/m0/s1. The second-order valence-electron chi connectivity index (χ2n) is 10.5. The summed E-state index contributed by atoms with van der Waals surface area (Å²) in [6.07, 6.45) is -0.944. The quantitative estimate of drug-likeness (QED) is 0.143. The van der Waals surface area contributed by atoms with E-state index in [0.29, 0.717) is 30.2 Å². The summed E-state index contributed by atoms with van der Waals surface area (Å²) in [4.78, 5) is 30.4. The first-order chi connectivity index (χ1) is 20.4.